The van der Waals surface area contributed by atoms with Gasteiger partial charge < -0.3 is 9.72 Å². The number of anilines is 1. The smallest absolute Gasteiger partial charge is 0.411 e. The highest BCUT2D eigenvalue weighted by molar-refractivity contribution is 6.06. The highest BCUT2D eigenvalue weighted by Crippen LogP contribution is 2.35. The molecule has 0 aliphatic rings. The molecule has 22 heavy (non-hydrogen) atoms. The minimum absolute atomic E-state index is 0.341. The van der Waals surface area contributed by atoms with Gasteiger partial charge in [0.05, 0.1) is 18.0 Å². The number of aryl methyl sites for hydroxylation is 1. The predicted octanol–water partition coefficient (Wildman–Crippen LogP) is 4.71. The van der Waals surface area contributed by atoms with E-state index in [9.17, 15) is 4.79 Å². The fraction of sp³-hybridized carbons (Fsp3) is 0.167. The summed E-state index contributed by atoms with van der Waals surface area (Å²) in [6, 6.07) is 16.0. The van der Waals surface area contributed by atoms with E-state index in [4.69, 9.17) is 4.74 Å². The third-order valence-corrected chi connectivity index (χ3v) is 3.52. The van der Waals surface area contributed by atoms with E-state index in [1.54, 1.807) is 6.92 Å². The average molecular weight is 294 g/mol. The average Bonchev–Trinajstić information content (AvgIpc) is 2.86. The van der Waals surface area contributed by atoms with Crippen LogP contribution in [0.25, 0.3) is 22.2 Å². The molecule has 3 aromatic rings. The summed E-state index contributed by atoms with van der Waals surface area (Å²) >= 11 is 0. The Kier molecular flexibility index (Phi) is 3.83. The molecule has 0 radical (unpaired) electrons. The van der Waals surface area contributed by atoms with Crippen molar-refractivity contribution in [2.75, 3.05) is 11.9 Å². The van der Waals surface area contributed by atoms with Crippen LogP contribution >= 0.6 is 0 Å². The Balaban J connectivity index is 2.16. The van der Waals surface area contributed by atoms with E-state index in [0.717, 1.165) is 33.4 Å². The van der Waals surface area contributed by atoms with Gasteiger partial charge in [0, 0.05) is 16.5 Å². The second kappa shape index (κ2) is 5.93. The lowest BCUT2D eigenvalue weighted by atomic mass is 10.1. The van der Waals surface area contributed by atoms with Crippen molar-refractivity contribution in [3.63, 3.8) is 0 Å². The summed E-state index contributed by atoms with van der Waals surface area (Å²) in [4.78, 5) is 15.3. The van der Waals surface area contributed by atoms with E-state index < -0.39 is 6.09 Å². The van der Waals surface area contributed by atoms with Crippen molar-refractivity contribution >= 4 is 22.7 Å². The Labute approximate surface area is 129 Å². The standard InChI is InChI=1S/C18H18N2O2/c1-3-22-18(21)20-17-14-11-12(2)9-10-15(14)19-16(17)13-7-5-4-6-8-13/h4-11,19H,3H2,1-2H3,(H,20,21). The minimum atomic E-state index is -0.443. The van der Waals surface area contributed by atoms with Crippen molar-refractivity contribution in [1.82, 2.24) is 4.98 Å². The largest absolute Gasteiger partial charge is 0.450 e. The highest BCUT2D eigenvalue weighted by Gasteiger charge is 2.16. The Morgan fingerprint density at radius 3 is 2.68 bits per heavy atom. The van der Waals surface area contributed by atoms with Crippen LogP contribution in [0.2, 0.25) is 0 Å². The topological polar surface area (TPSA) is 54.1 Å². The molecule has 112 valence electrons. The number of aromatic amines is 1. The number of amides is 1. The molecule has 4 nitrogen and oxygen atoms in total. The molecule has 0 aliphatic heterocycles. The first-order valence-corrected chi connectivity index (χ1v) is 7.30. The number of hydrogen-bond acceptors (Lipinski definition) is 2. The summed E-state index contributed by atoms with van der Waals surface area (Å²) in [5.41, 5.74) is 4.77. The molecule has 1 heterocycles. The van der Waals surface area contributed by atoms with Crippen molar-refractivity contribution in [3.05, 3.63) is 54.1 Å². The van der Waals surface area contributed by atoms with E-state index in [-0.39, 0.29) is 0 Å². The van der Waals surface area contributed by atoms with Gasteiger partial charge in [-0.3, -0.25) is 5.32 Å². The second-order valence-electron chi connectivity index (χ2n) is 5.14. The van der Waals surface area contributed by atoms with E-state index in [1.807, 2.05) is 49.4 Å². The first-order valence-electron chi connectivity index (χ1n) is 7.30. The van der Waals surface area contributed by atoms with Gasteiger partial charge in [0.25, 0.3) is 0 Å². The maximum atomic E-state index is 11.9. The molecule has 1 amide bonds. The number of nitrogens with one attached hydrogen (secondary N) is 2. The van der Waals surface area contributed by atoms with E-state index in [1.165, 1.54) is 0 Å². The molecule has 4 heteroatoms. The molecule has 0 spiro atoms. The summed E-state index contributed by atoms with van der Waals surface area (Å²) in [6.07, 6.45) is -0.443. The lowest BCUT2D eigenvalue weighted by Gasteiger charge is -2.07. The Morgan fingerprint density at radius 2 is 1.95 bits per heavy atom. The van der Waals surface area contributed by atoms with Crippen LogP contribution in [0.4, 0.5) is 10.5 Å². The molecule has 0 saturated carbocycles. The van der Waals surface area contributed by atoms with Crippen molar-refractivity contribution in [1.29, 1.82) is 0 Å². The summed E-state index contributed by atoms with van der Waals surface area (Å²) in [5, 5.41) is 3.85. The van der Waals surface area contributed by atoms with Crippen molar-refractivity contribution in [2.24, 2.45) is 0 Å². The van der Waals surface area contributed by atoms with Crippen molar-refractivity contribution < 1.29 is 9.53 Å². The van der Waals surface area contributed by atoms with Gasteiger partial charge in [0.2, 0.25) is 0 Å². The van der Waals surface area contributed by atoms with Gasteiger partial charge in [-0.05, 0) is 26.0 Å². The third-order valence-electron chi connectivity index (χ3n) is 3.52. The minimum Gasteiger partial charge on any atom is -0.450 e. The predicted molar refractivity (Wildman–Crippen MR) is 89.1 cm³/mol. The van der Waals surface area contributed by atoms with Crippen molar-refractivity contribution in [2.45, 2.75) is 13.8 Å². The van der Waals surface area contributed by atoms with Crippen LogP contribution in [0.15, 0.2) is 48.5 Å². The molecule has 0 fully saturated rings. The van der Waals surface area contributed by atoms with Gasteiger partial charge in [-0.2, -0.15) is 0 Å². The van der Waals surface area contributed by atoms with Crippen LogP contribution in [-0.4, -0.2) is 17.7 Å². The Bertz CT molecular complexity index is 807. The molecule has 2 aromatic carbocycles. The molecule has 0 unspecified atom stereocenters. The molecule has 0 saturated heterocycles. The molecular weight excluding hydrogens is 276 g/mol. The number of rotatable bonds is 3. The number of fused-ring (bicyclic) bond motifs is 1. The van der Waals surface area contributed by atoms with Gasteiger partial charge >= 0.3 is 6.09 Å². The number of H-pyrrole nitrogens is 1. The third kappa shape index (κ3) is 2.68. The number of benzene rings is 2. The molecule has 3 rings (SSSR count). The van der Waals surface area contributed by atoms with Crippen molar-refractivity contribution in [3.8, 4) is 11.3 Å². The van der Waals surface area contributed by atoms with E-state index in [2.05, 4.69) is 16.4 Å². The first kappa shape index (κ1) is 14.2. The van der Waals surface area contributed by atoms with Crippen LogP contribution in [0.1, 0.15) is 12.5 Å². The van der Waals surface area contributed by atoms with E-state index >= 15 is 0 Å². The number of hydrogen-bond donors (Lipinski definition) is 2. The van der Waals surface area contributed by atoms with Crippen LogP contribution in [-0.2, 0) is 4.74 Å². The van der Waals surface area contributed by atoms with Crippen LogP contribution in [0.5, 0.6) is 0 Å². The summed E-state index contributed by atoms with van der Waals surface area (Å²) in [5.74, 6) is 0. The Hall–Kier alpha value is -2.75. The maximum absolute atomic E-state index is 11.9. The molecule has 0 bridgehead atoms. The summed E-state index contributed by atoms with van der Waals surface area (Å²) in [6.45, 7) is 4.16. The van der Waals surface area contributed by atoms with Crippen LogP contribution in [0.3, 0.4) is 0 Å². The first-order chi connectivity index (χ1) is 10.7. The molecular formula is C18H18N2O2. The lowest BCUT2D eigenvalue weighted by Crippen LogP contribution is -2.13. The van der Waals surface area contributed by atoms with Gasteiger partial charge in [-0.1, -0.05) is 42.0 Å². The summed E-state index contributed by atoms with van der Waals surface area (Å²) < 4.78 is 5.02. The molecule has 1 aromatic heterocycles. The molecule has 0 atom stereocenters. The number of ether oxygens (including phenoxy) is 1. The normalized spacial score (nSPS) is 10.6. The zero-order valence-electron chi connectivity index (χ0n) is 12.6. The quantitative estimate of drug-likeness (QED) is 0.735. The second-order valence-corrected chi connectivity index (χ2v) is 5.14. The zero-order valence-corrected chi connectivity index (χ0v) is 12.6. The fourth-order valence-electron chi connectivity index (χ4n) is 2.53. The number of carbonyl (C=O) groups excluding carboxylic acids is 1. The molecule has 2 N–H and O–H groups in total. The molecule has 0 aliphatic carbocycles. The number of aromatic nitrogens is 1. The monoisotopic (exact) mass is 294 g/mol. The zero-order chi connectivity index (χ0) is 15.5. The van der Waals surface area contributed by atoms with Gasteiger partial charge in [-0.25, -0.2) is 4.79 Å². The van der Waals surface area contributed by atoms with Crippen LogP contribution < -0.4 is 5.32 Å². The van der Waals surface area contributed by atoms with Crippen LogP contribution in [0, 0.1) is 6.92 Å². The SMILES string of the molecule is CCOC(=O)Nc1c(-c2ccccc2)[nH]c2ccc(C)cc12. The maximum Gasteiger partial charge on any atom is 0.411 e. The van der Waals surface area contributed by atoms with Gasteiger partial charge in [0.15, 0.2) is 0 Å². The highest BCUT2D eigenvalue weighted by atomic mass is 16.5. The van der Waals surface area contributed by atoms with Gasteiger partial charge in [0.1, 0.15) is 0 Å². The number of carbonyl (C=O) groups is 1. The van der Waals surface area contributed by atoms with E-state index in [0.29, 0.717) is 6.61 Å². The lowest BCUT2D eigenvalue weighted by molar-refractivity contribution is 0.168. The fourth-order valence-corrected chi connectivity index (χ4v) is 2.53. The Morgan fingerprint density at radius 1 is 1.18 bits per heavy atom. The summed E-state index contributed by atoms with van der Waals surface area (Å²) in [7, 11) is 0. The van der Waals surface area contributed by atoms with Gasteiger partial charge in [-0.15, -0.1) is 0 Å².